The standard InChI is InChI=1S/C23H31N5O3/c29-22(18-5-6-20-21(14-18)25-16-24-20)27-7-1-2-19(15-27)28(23(30)17-3-4-17)9-8-26-10-12-31-13-11-26/h5-6,14,16-17,19H,1-4,7-13,15H2,(H,24,25). The summed E-state index contributed by atoms with van der Waals surface area (Å²) in [5.74, 6) is 0.512. The first-order valence-corrected chi connectivity index (χ1v) is 11.5. The summed E-state index contributed by atoms with van der Waals surface area (Å²) in [6, 6.07) is 5.70. The minimum atomic E-state index is 0.0354. The number of H-pyrrole nitrogens is 1. The van der Waals surface area contributed by atoms with Crippen LogP contribution < -0.4 is 0 Å². The third-order valence-electron chi connectivity index (χ3n) is 6.76. The summed E-state index contributed by atoms with van der Waals surface area (Å²) in [5, 5.41) is 0. The van der Waals surface area contributed by atoms with Crippen LogP contribution in [0.1, 0.15) is 36.0 Å². The molecule has 166 valence electrons. The van der Waals surface area contributed by atoms with E-state index in [2.05, 4.69) is 19.8 Å². The molecule has 8 heteroatoms. The zero-order valence-corrected chi connectivity index (χ0v) is 18.0. The number of likely N-dealkylation sites (tertiary alicyclic amines) is 1. The Morgan fingerprint density at radius 2 is 2.00 bits per heavy atom. The smallest absolute Gasteiger partial charge is 0.254 e. The molecular formula is C23H31N5O3. The van der Waals surface area contributed by atoms with Gasteiger partial charge in [-0.15, -0.1) is 0 Å². The van der Waals surface area contributed by atoms with E-state index in [0.717, 1.165) is 82.7 Å². The summed E-state index contributed by atoms with van der Waals surface area (Å²) in [7, 11) is 0. The van der Waals surface area contributed by atoms with Gasteiger partial charge in [0.15, 0.2) is 0 Å². The predicted molar refractivity (Wildman–Crippen MR) is 117 cm³/mol. The van der Waals surface area contributed by atoms with Crippen molar-refractivity contribution >= 4 is 22.8 Å². The summed E-state index contributed by atoms with van der Waals surface area (Å²) in [6.45, 7) is 6.36. The van der Waals surface area contributed by atoms with E-state index in [1.807, 2.05) is 23.1 Å². The summed E-state index contributed by atoms with van der Waals surface area (Å²) in [6.07, 6.45) is 5.55. The molecule has 3 fully saturated rings. The highest BCUT2D eigenvalue weighted by Crippen LogP contribution is 2.33. The molecule has 3 aliphatic rings. The first-order valence-electron chi connectivity index (χ1n) is 11.5. The Bertz CT molecular complexity index is 934. The number of aromatic amines is 1. The number of hydrogen-bond donors (Lipinski definition) is 1. The quantitative estimate of drug-likeness (QED) is 0.762. The van der Waals surface area contributed by atoms with Crippen molar-refractivity contribution in [2.45, 2.75) is 31.7 Å². The van der Waals surface area contributed by atoms with Gasteiger partial charge >= 0.3 is 0 Å². The van der Waals surface area contributed by atoms with E-state index in [1.54, 1.807) is 6.33 Å². The molecule has 31 heavy (non-hydrogen) atoms. The van der Waals surface area contributed by atoms with Crippen molar-refractivity contribution in [1.29, 1.82) is 0 Å². The van der Waals surface area contributed by atoms with Crippen LogP contribution in [0.3, 0.4) is 0 Å². The predicted octanol–water partition coefficient (Wildman–Crippen LogP) is 1.74. The van der Waals surface area contributed by atoms with Crippen molar-refractivity contribution in [2.75, 3.05) is 52.5 Å². The number of carbonyl (C=O) groups excluding carboxylic acids is 2. The van der Waals surface area contributed by atoms with Crippen molar-refractivity contribution in [3.63, 3.8) is 0 Å². The molecule has 2 amide bonds. The van der Waals surface area contributed by atoms with Crippen LogP contribution in [0.5, 0.6) is 0 Å². The molecule has 0 bridgehead atoms. The van der Waals surface area contributed by atoms with Crippen LogP contribution in [0, 0.1) is 5.92 Å². The number of imidazole rings is 1. The molecular weight excluding hydrogens is 394 g/mol. The number of aromatic nitrogens is 2. The number of carbonyl (C=O) groups is 2. The molecule has 0 spiro atoms. The number of ether oxygens (including phenoxy) is 1. The summed E-state index contributed by atoms with van der Waals surface area (Å²) in [5.41, 5.74) is 2.40. The average Bonchev–Trinajstić information content (AvgIpc) is 3.56. The van der Waals surface area contributed by atoms with E-state index in [4.69, 9.17) is 4.74 Å². The van der Waals surface area contributed by atoms with Gasteiger partial charge in [0.05, 0.1) is 30.6 Å². The number of morpholine rings is 1. The van der Waals surface area contributed by atoms with E-state index in [9.17, 15) is 9.59 Å². The highest BCUT2D eigenvalue weighted by molar-refractivity contribution is 5.97. The SMILES string of the molecule is O=C(c1ccc2nc[nH]c2c1)N1CCCC(N(CCN2CCOCC2)C(=O)C2CC2)C1. The number of nitrogens with one attached hydrogen (secondary N) is 1. The Kier molecular flexibility index (Phi) is 5.91. The second-order valence-corrected chi connectivity index (χ2v) is 8.94. The van der Waals surface area contributed by atoms with Crippen LogP contribution in [0.15, 0.2) is 24.5 Å². The third-order valence-corrected chi connectivity index (χ3v) is 6.76. The maximum Gasteiger partial charge on any atom is 0.254 e. The molecule has 1 aromatic heterocycles. The molecule has 1 N–H and O–H groups in total. The molecule has 2 aromatic rings. The lowest BCUT2D eigenvalue weighted by molar-refractivity contribution is -0.136. The number of rotatable bonds is 6. The van der Waals surface area contributed by atoms with Gasteiger partial charge in [-0.3, -0.25) is 14.5 Å². The number of hydrogen-bond acceptors (Lipinski definition) is 5. The van der Waals surface area contributed by atoms with Crippen LogP contribution in [0.4, 0.5) is 0 Å². The molecule has 5 rings (SSSR count). The largest absolute Gasteiger partial charge is 0.379 e. The number of nitrogens with zero attached hydrogens (tertiary/aromatic N) is 4. The summed E-state index contributed by atoms with van der Waals surface area (Å²) >= 11 is 0. The molecule has 2 aliphatic heterocycles. The number of fused-ring (bicyclic) bond motifs is 1. The molecule has 1 atom stereocenters. The zero-order chi connectivity index (χ0) is 21.2. The second kappa shape index (κ2) is 8.96. The third kappa shape index (κ3) is 4.60. The van der Waals surface area contributed by atoms with E-state index < -0.39 is 0 Å². The van der Waals surface area contributed by atoms with Crippen LogP contribution in [0.2, 0.25) is 0 Å². The highest BCUT2D eigenvalue weighted by Gasteiger charge is 2.38. The van der Waals surface area contributed by atoms with Gasteiger partial charge in [-0.2, -0.15) is 0 Å². The Balaban J connectivity index is 1.27. The first-order chi connectivity index (χ1) is 15.2. The van der Waals surface area contributed by atoms with Gasteiger partial charge < -0.3 is 19.5 Å². The van der Waals surface area contributed by atoms with Crippen LogP contribution in [-0.2, 0) is 9.53 Å². The second-order valence-electron chi connectivity index (χ2n) is 8.94. The van der Waals surface area contributed by atoms with Gasteiger partial charge in [-0.05, 0) is 43.9 Å². The number of benzene rings is 1. The fourth-order valence-corrected chi connectivity index (χ4v) is 4.76. The topological polar surface area (TPSA) is 81.8 Å². The van der Waals surface area contributed by atoms with Gasteiger partial charge in [0, 0.05) is 56.8 Å². The summed E-state index contributed by atoms with van der Waals surface area (Å²) in [4.78, 5) is 40.0. The minimum Gasteiger partial charge on any atom is -0.379 e. The summed E-state index contributed by atoms with van der Waals surface area (Å²) < 4.78 is 5.45. The zero-order valence-electron chi connectivity index (χ0n) is 18.0. The fourth-order valence-electron chi connectivity index (χ4n) is 4.76. The van der Waals surface area contributed by atoms with Crippen LogP contribution in [0.25, 0.3) is 11.0 Å². The van der Waals surface area contributed by atoms with Crippen molar-refractivity contribution in [2.24, 2.45) is 5.92 Å². The fraction of sp³-hybridized carbons (Fsp3) is 0.609. The van der Waals surface area contributed by atoms with Crippen molar-refractivity contribution < 1.29 is 14.3 Å². The molecule has 1 unspecified atom stereocenters. The van der Waals surface area contributed by atoms with Gasteiger partial charge in [0.2, 0.25) is 5.91 Å². The Morgan fingerprint density at radius 1 is 1.16 bits per heavy atom. The lowest BCUT2D eigenvalue weighted by Gasteiger charge is -2.40. The van der Waals surface area contributed by atoms with Gasteiger partial charge in [-0.25, -0.2) is 4.98 Å². The minimum absolute atomic E-state index is 0.0354. The monoisotopic (exact) mass is 425 g/mol. The molecule has 8 nitrogen and oxygen atoms in total. The maximum absolute atomic E-state index is 13.2. The van der Waals surface area contributed by atoms with Gasteiger partial charge in [0.1, 0.15) is 0 Å². The Morgan fingerprint density at radius 3 is 2.81 bits per heavy atom. The normalized spacial score (nSPS) is 22.6. The van der Waals surface area contributed by atoms with E-state index in [-0.39, 0.29) is 23.8 Å². The van der Waals surface area contributed by atoms with Crippen LogP contribution in [-0.4, -0.2) is 95.0 Å². The van der Waals surface area contributed by atoms with Gasteiger partial charge in [-0.1, -0.05) is 0 Å². The van der Waals surface area contributed by atoms with Crippen molar-refractivity contribution in [3.8, 4) is 0 Å². The van der Waals surface area contributed by atoms with Crippen molar-refractivity contribution in [3.05, 3.63) is 30.1 Å². The average molecular weight is 426 g/mol. The molecule has 1 saturated carbocycles. The van der Waals surface area contributed by atoms with E-state index in [0.29, 0.717) is 12.1 Å². The van der Waals surface area contributed by atoms with E-state index in [1.165, 1.54) is 0 Å². The number of amides is 2. The first kappa shape index (κ1) is 20.5. The maximum atomic E-state index is 13.2. The molecule has 0 radical (unpaired) electrons. The molecule has 1 aliphatic carbocycles. The van der Waals surface area contributed by atoms with Crippen molar-refractivity contribution in [1.82, 2.24) is 24.7 Å². The molecule has 3 heterocycles. The lowest BCUT2D eigenvalue weighted by atomic mass is 10.0. The number of piperidine rings is 1. The molecule has 1 aromatic carbocycles. The van der Waals surface area contributed by atoms with Gasteiger partial charge in [0.25, 0.3) is 5.91 Å². The highest BCUT2D eigenvalue weighted by atomic mass is 16.5. The molecule has 2 saturated heterocycles. The Hall–Kier alpha value is -2.45. The lowest BCUT2D eigenvalue weighted by Crippen LogP contribution is -2.54. The Labute approximate surface area is 182 Å². The van der Waals surface area contributed by atoms with Crippen LogP contribution >= 0.6 is 0 Å². The van der Waals surface area contributed by atoms with E-state index >= 15 is 0 Å².